The predicted octanol–water partition coefficient (Wildman–Crippen LogP) is 3.26. The molecule has 2 aromatic heterocycles. The van der Waals surface area contributed by atoms with Crippen LogP contribution in [0.15, 0.2) is 51.7 Å². The highest BCUT2D eigenvalue weighted by Crippen LogP contribution is 2.37. The molecule has 0 fully saturated rings. The first-order valence-electron chi connectivity index (χ1n) is 9.72. The van der Waals surface area contributed by atoms with E-state index in [0.29, 0.717) is 38.7 Å². The minimum absolute atomic E-state index is 0.165. The maximum Gasteiger partial charge on any atom is 0.291 e. The number of methoxy groups -OCH3 is 1. The van der Waals surface area contributed by atoms with Gasteiger partial charge in [0.05, 0.1) is 23.9 Å². The van der Waals surface area contributed by atoms with Crippen molar-refractivity contribution in [2.75, 3.05) is 18.6 Å². The average Bonchev–Trinajstić information content (AvgIpc) is 3.40. The summed E-state index contributed by atoms with van der Waals surface area (Å²) in [5.74, 6) is 0.870. The molecular weight excluding hydrogens is 480 g/mol. The molecule has 31 heavy (non-hydrogen) atoms. The number of amides is 1. The van der Waals surface area contributed by atoms with E-state index in [-0.39, 0.29) is 11.5 Å². The van der Waals surface area contributed by atoms with Crippen LogP contribution in [0.3, 0.4) is 0 Å². The van der Waals surface area contributed by atoms with Gasteiger partial charge in [0.15, 0.2) is 5.82 Å². The highest BCUT2D eigenvalue weighted by atomic mass is 79.9. The van der Waals surface area contributed by atoms with Crippen LogP contribution in [0, 0.1) is 0 Å². The lowest BCUT2D eigenvalue weighted by atomic mass is 10.1. The second kappa shape index (κ2) is 7.58. The Bertz CT molecular complexity index is 1460. The van der Waals surface area contributed by atoms with E-state index >= 15 is 0 Å². The second-order valence-electron chi connectivity index (χ2n) is 7.06. The fraction of sp³-hybridized carbons (Fsp3) is 0.182. The van der Waals surface area contributed by atoms with Gasteiger partial charge in [0.2, 0.25) is 4.96 Å². The third kappa shape index (κ3) is 3.07. The van der Waals surface area contributed by atoms with Crippen LogP contribution in [-0.4, -0.2) is 34.2 Å². The van der Waals surface area contributed by atoms with Crippen molar-refractivity contribution in [3.05, 3.63) is 67.4 Å². The van der Waals surface area contributed by atoms with Crippen LogP contribution in [0.5, 0.6) is 5.75 Å². The minimum Gasteiger partial charge on any atom is -0.496 e. The first-order valence-corrected chi connectivity index (χ1v) is 11.3. The molecule has 0 aliphatic carbocycles. The lowest BCUT2D eigenvalue weighted by molar-refractivity contribution is -0.113. The summed E-state index contributed by atoms with van der Waals surface area (Å²) in [6.07, 6.45) is 0.816. The molecule has 0 unspecified atom stereocenters. The van der Waals surface area contributed by atoms with Crippen molar-refractivity contribution in [2.24, 2.45) is 0 Å². The molecule has 0 bridgehead atoms. The third-order valence-corrected chi connectivity index (χ3v) is 6.68. The summed E-state index contributed by atoms with van der Waals surface area (Å²) in [5, 5.41) is 4.41. The number of halogens is 1. The average molecular weight is 497 g/mol. The first-order chi connectivity index (χ1) is 15.0. The molecule has 1 aliphatic rings. The first kappa shape index (κ1) is 19.9. The Hall–Kier alpha value is -3.04. The quantitative estimate of drug-likeness (QED) is 0.433. The Balaban J connectivity index is 1.74. The molecule has 1 aliphatic heterocycles. The molecule has 0 saturated carbocycles. The highest BCUT2D eigenvalue weighted by molar-refractivity contribution is 9.10. The highest BCUT2D eigenvalue weighted by Gasteiger charge is 2.34. The molecule has 0 saturated heterocycles. The monoisotopic (exact) mass is 496 g/mol. The minimum atomic E-state index is -0.346. The number of benzene rings is 2. The maximum absolute atomic E-state index is 13.3. The Morgan fingerprint density at radius 2 is 1.94 bits per heavy atom. The molecule has 9 heteroatoms. The van der Waals surface area contributed by atoms with Crippen molar-refractivity contribution >= 4 is 49.4 Å². The Labute approximate surface area is 189 Å². The molecule has 0 N–H and O–H groups in total. The number of anilines is 1. The molecule has 1 amide bonds. The smallest absolute Gasteiger partial charge is 0.291 e. The van der Waals surface area contributed by atoms with E-state index in [4.69, 9.17) is 4.74 Å². The summed E-state index contributed by atoms with van der Waals surface area (Å²) in [6, 6.07) is 13.1. The standard InChI is InChI=1S/C22H17BrN4O3S/c1-3-10-26-15-9-8-12(23)11-14(15)17(20(26)28)18-21(29)27-22(31-18)24-19(25-27)13-6-4-5-7-16(13)30-2/h4-9,11H,3,10H2,1-2H3. The van der Waals surface area contributed by atoms with Gasteiger partial charge in [0.25, 0.3) is 11.5 Å². The molecule has 7 nitrogen and oxygen atoms in total. The molecular formula is C22H17BrN4O3S. The van der Waals surface area contributed by atoms with Crippen LogP contribution in [0.4, 0.5) is 5.69 Å². The third-order valence-electron chi connectivity index (χ3n) is 5.16. The summed E-state index contributed by atoms with van der Waals surface area (Å²) in [4.78, 5) is 33.2. The number of hydrogen-bond donors (Lipinski definition) is 0. The van der Waals surface area contributed by atoms with Crippen LogP contribution in [0.25, 0.3) is 21.9 Å². The van der Waals surface area contributed by atoms with Crippen molar-refractivity contribution in [3.63, 3.8) is 0 Å². The molecule has 0 atom stereocenters. The second-order valence-corrected chi connectivity index (χ2v) is 8.95. The molecule has 0 radical (unpaired) electrons. The van der Waals surface area contributed by atoms with Gasteiger partial charge in [-0.25, -0.2) is 0 Å². The zero-order chi connectivity index (χ0) is 21.7. The molecule has 0 spiro atoms. The number of rotatable bonds is 4. The molecule has 2 aromatic carbocycles. The fourth-order valence-electron chi connectivity index (χ4n) is 3.80. The molecule has 4 aromatic rings. The van der Waals surface area contributed by atoms with Crippen molar-refractivity contribution in [1.82, 2.24) is 14.6 Å². The summed E-state index contributed by atoms with van der Waals surface area (Å²) < 4.78 is 7.85. The number of fused-ring (bicyclic) bond motifs is 2. The normalized spacial score (nSPS) is 15.1. The number of aromatic nitrogens is 3. The summed E-state index contributed by atoms with van der Waals surface area (Å²) in [7, 11) is 1.58. The zero-order valence-electron chi connectivity index (χ0n) is 16.8. The Morgan fingerprint density at radius 1 is 1.13 bits per heavy atom. The number of carbonyl (C=O) groups is 1. The van der Waals surface area contributed by atoms with Crippen LogP contribution in [-0.2, 0) is 4.79 Å². The number of para-hydroxylation sites is 1. The van der Waals surface area contributed by atoms with Gasteiger partial charge in [0, 0.05) is 16.6 Å². The van der Waals surface area contributed by atoms with E-state index in [0.717, 1.165) is 22.1 Å². The number of carbonyl (C=O) groups excluding carboxylic acids is 1. The molecule has 3 heterocycles. The van der Waals surface area contributed by atoms with Crippen LogP contribution < -0.4 is 19.7 Å². The Morgan fingerprint density at radius 3 is 2.68 bits per heavy atom. The van der Waals surface area contributed by atoms with E-state index in [9.17, 15) is 9.59 Å². The summed E-state index contributed by atoms with van der Waals surface area (Å²) in [5.41, 5.74) is 2.33. The van der Waals surface area contributed by atoms with Crippen LogP contribution in [0.2, 0.25) is 0 Å². The van der Waals surface area contributed by atoms with Crippen molar-refractivity contribution in [1.29, 1.82) is 0 Å². The van der Waals surface area contributed by atoms with Crippen molar-refractivity contribution in [3.8, 4) is 17.1 Å². The van der Waals surface area contributed by atoms with Gasteiger partial charge in [-0.1, -0.05) is 46.3 Å². The lowest BCUT2D eigenvalue weighted by Gasteiger charge is -2.15. The fourth-order valence-corrected chi connectivity index (χ4v) is 5.16. The van der Waals surface area contributed by atoms with Crippen LogP contribution in [0.1, 0.15) is 18.9 Å². The number of thiazole rings is 1. The van der Waals surface area contributed by atoms with E-state index in [1.54, 1.807) is 12.0 Å². The molecule has 5 rings (SSSR count). The molecule has 156 valence electrons. The lowest BCUT2D eigenvalue weighted by Crippen LogP contribution is -2.32. The predicted molar refractivity (Wildman–Crippen MR) is 124 cm³/mol. The van der Waals surface area contributed by atoms with Gasteiger partial charge in [-0.15, -0.1) is 5.10 Å². The van der Waals surface area contributed by atoms with Crippen molar-refractivity contribution < 1.29 is 9.53 Å². The Kier molecular flexibility index (Phi) is 4.86. The number of ether oxygens (including phenoxy) is 1. The van der Waals surface area contributed by atoms with E-state index < -0.39 is 0 Å². The zero-order valence-corrected chi connectivity index (χ0v) is 19.2. The topological polar surface area (TPSA) is 76.8 Å². The van der Waals surface area contributed by atoms with Gasteiger partial charge in [-0.3, -0.25) is 9.59 Å². The maximum atomic E-state index is 13.3. The van der Waals surface area contributed by atoms with E-state index in [2.05, 4.69) is 26.0 Å². The van der Waals surface area contributed by atoms with Gasteiger partial charge in [-0.05, 0) is 36.8 Å². The van der Waals surface area contributed by atoms with Crippen molar-refractivity contribution in [2.45, 2.75) is 13.3 Å². The van der Waals surface area contributed by atoms with Crippen LogP contribution >= 0.6 is 27.3 Å². The van der Waals surface area contributed by atoms with Gasteiger partial charge < -0.3 is 9.64 Å². The van der Waals surface area contributed by atoms with Gasteiger partial charge >= 0.3 is 0 Å². The SMILES string of the molecule is CCCN1C(=O)C(=c2sc3nc(-c4ccccc4OC)nn3c2=O)c2cc(Br)ccc21. The number of hydrogen-bond acceptors (Lipinski definition) is 6. The van der Waals surface area contributed by atoms with Gasteiger partial charge in [0.1, 0.15) is 10.3 Å². The number of nitrogens with zero attached hydrogens (tertiary/aromatic N) is 4. The largest absolute Gasteiger partial charge is 0.496 e. The summed E-state index contributed by atoms with van der Waals surface area (Å²) in [6.45, 7) is 2.61. The van der Waals surface area contributed by atoms with Gasteiger partial charge in [-0.2, -0.15) is 9.50 Å². The summed E-state index contributed by atoms with van der Waals surface area (Å²) >= 11 is 4.66. The van der Waals surface area contributed by atoms with E-state index in [1.807, 2.05) is 49.4 Å². The van der Waals surface area contributed by atoms with E-state index in [1.165, 1.54) is 15.9 Å².